The molecule has 0 saturated heterocycles. The van der Waals surface area contributed by atoms with Crippen LogP contribution in [0.2, 0.25) is 0 Å². The lowest BCUT2D eigenvalue weighted by atomic mass is 9.93. The lowest BCUT2D eigenvalue weighted by Crippen LogP contribution is -2.46. The van der Waals surface area contributed by atoms with Crippen LogP contribution in [0.3, 0.4) is 0 Å². The highest BCUT2D eigenvalue weighted by Gasteiger charge is 2.31. The van der Waals surface area contributed by atoms with Gasteiger partial charge in [-0.15, -0.1) is 10.9 Å². The molecule has 1 aromatic heterocycles. The zero-order valence-corrected chi connectivity index (χ0v) is 17.9. The first kappa shape index (κ1) is 19.9. The Morgan fingerprint density at radius 1 is 1.30 bits per heavy atom. The van der Waals surface area contributed by atoms with Gasteiger partial charge in [0.15, 0.2) is 0 Å². The molecule has 2 unspecified atom stereocenters. The molecule has 30 heavy (non-hydrogen) atoms. The SMILES string of the molecule is CC1=C(C(=O)Nc2ccc(N)c(C=N)c2)C(c2cccc(-c3cs[pH]3)c2)NC(=O)N1. The third-order valence-electron chi connectivity index (χ3n) is 4.89. The van der Waals surface area contributed by atoms with E-state index in [2.05, 4.69) is 21.3 Å². The zero-order valence-electron chi connectivity index (χ0n) is 16.1. The number of carbonyl (C=O) groups is 2. The minimum absolute atomic E-state index is 0.337. The van der Waals surface area contributed by atoms with Crippen molar-refractivity contribution in [3.05, 3.63) is 70.2 Å². The summed E-state index contributed by atoms with van der Waals surface area (Å²) in [6.07, 6.45) is 1.14. The normalized spacial score (nSPS) is 16.3. The molecule has 6 N–H and O–H groups in total. The van der Waals surface area contributed by atoms with Gasteiger partial charge in [-0.3, -0.25) is 4.79 Å². The molecule has 2 aromatic carbocycles. The van der Waals surface area contributed by atoms with Crippen molar-refractivity contribution in [2.24, 2.45) is 0 Å². The second-order valence-corrected chi connectivity index (χ2v) is 9.42. The fraction of sp³-hybridized carbons (Fsp3) is 0.0952. The monoisotopic (exact) mass is 437 g/mol. The molecular formula is C21H20N5O2PS. The topological polar surface area (TPSA) is 120 Å². The van der Waals surface area contributed by atoms with Crippen molar-refractivity contribution in [2.45, 2.75) is 13.0 Å². The molecule has 152 valence electrons. The number of benzene rings is 2. The van der Waals surface area contributed by atoms with Crippen LogP contribution in [0.25, 0.3) is 10.9 Å². The van der Waals surface area contributed by atoms with Crippen molar-refractivity contribution in [2.75, 3.05) is 11.1 Å². The molecule has 9 heteroatoms. The van der Waals surface area contributed by atoms with Gasteiger partial charge in [-0.1, -0.05) is 25.6 Å². The summed E-state index contributed by atoms with van der Waals surface area (Å²) in [7, 11) is 2.49. The summed E-state index contributed by atoms with van der Waals surface area (Å²) < 4.78 is 0. The Morgan fingerprint density at radius 3 is 2.80 bits per heavy atom. The summed E-state index contributed by atoms with van der Waals surface area (Å²) in [6.45, 7) is 1.71. The molecule has 3 aromatic rings. The molecule has 4 rings (SSSR count). The summed E-state index contributed by atoms with van der Waals surface area (Å²) in [5.41, 5.74) is 10.2. The van der Waals surface area contributed by atoms with Crippen LogP contribution in [-0.2, 0) is 4.79 Å². The van der Waals surface area contributed by atoms with Gasteiger partial charge in [-0.25, -0.2) is 4.79 Å². The molecule has 2 atom stereocenters. The Hall–Kier alpha value is -3.35. The van der Waals surface area contributed by atoms with E-state index < -0.39 is 6.04 Å². The number of allylic oxidation sites excluding steroid dienone is 1. The van der Waals surface area contributed by atoms with E-state index in [1.165, 1.54) is 5.30 Å². The molecule has 2 heterocycles. The Balaban J connectivity index is 1.67. The Bertz CT molecular complexity index is 1170. The maximum atomic E-state index is 13.2. The molecule has 3 amide bonds. The fourth-order valence-corrected chi connectivity index (χ4v) is 5.06. The molecule has 0 fully saturated rings. The standard InChI is InChI=1S/C21H20N5O2PS/c1-11-18(20(27)25-15-5-6-16(23)14(8-15)9-22)19(26-21(28)24-11)13-4-2-3-12(7-13)17-10-30-29-17/h2-10,19,22,29H,23H2,1H3,(H,25,27)(H2,24,26,28). The number of hydrogen-bond donors (Lipinski definition) is 5. The van der Waals surface area contributed by atoms with E-state index in [1.54, 1.807) is 36.1 Å². The summed E-state index contributed by atoms with van der Waals surface area (Å²) in [5.74, 6) is -0.337. The van der Waals surface area contributed by atoms with E-state index in [-0.39, 0.29) is 11.9 Å². The lowest BCUT2D eigenvalue weighted by Gasteiger charge is -2.29. The van der Waals surface area contributed by atoms with Crippen LogP contribution in [0, 0.1) is 5.41 Å². The van der Waals surface area contributed by atoms with Gasteiger partial charge in [0.25, 0.3) is 5.91 Å². The van der Waals surface area contributed by atoms with Gasteiger partial charge < -0.3 is 27.1 Å². The third-order valence-corrected chi connectivity index (χ3v) is 7.59. The molecule has 0 radical (unpaired) electrons. The molecule has 0 aliphatic carbocycles. The summed E-state index contributed by atoms with van der Waals surface area (Å²) in [6, 6.07) is 11.9. The van der Waals surface area contributed by atoms with Gasteiger partial charge in [-0.2, -0.15) is 0 Å². The van der Waals surface area contributed by atoms with Crippen LogP contribution >= 0.6 is 18.3 Å². The fourth-order valence-electron chi connectivity index (χ4n) is 3.35. The maximum absolute atomic E-state index is 13.2. The zero-order chi connectivity index (χ0) is 21.3. The van der Waals surface area contributed by atoms with Crippen molar-refractivity contribution < 1.29 is 9.59 Å². The first-order valence-electron chi connectivity index (χ1n) is 9.18. The quantitative estimate of drug-likeness (QED) is 0.302. The number of nitrogens with two attached hydrogens (primary N) is 1. The van der Waals surface area contributed by atoms with Crippen molar-refractivity contribution in [3.63, 3.8) is 0 Å². The van der Waals surface area contributed by atoms with Crippen molar-refractivity contribution in [3.8, 4) is 10.9 Å². The smallest absolute Gasteiger partial charge is 0.319 e. The number of rotatable bonds is 5. The summed E-state index contributed by atoms with van der Waals surface area (Å²) in [4.78, 5) is 25.3. The predicted octanol–water partition coefficient (Wildman–Crippen LogP) is 4.29. The van der Waals surface area contributed by atoms with E-state index in [0.717, 1.165) is 17.3 Å². The van der Waals surface area contributed by atoms with Crippen LogP contribution in [0.4, 0.5) is 16.2 Å². The number of nitrogen functional groups attached to an aromatic ring is 1. The van der Waals surface area contributed by atoms with Gasteiger partial charge in [0.05, 0.1) is 11.6 Å². The van der Waals surface area contributed by atoms with E-state index >= 15 is 0 Å². The Morgan fingerprint density at radius 2 is 2.10 bits per heavy atom. The van der Waals surface area contributed by atoms with Gasteiger partial charge in [-0.05, 0) is 42.3 Å². The number of amides is 3. The number of anilines is 2. The summed E-state index contributed by atoms with van der Waals surface area (Å²) >= 11 is 0. The lowest BCUT2D eigenvalue weighted by molar-refractivity contribution is -0.113. The van der Waals surface area contributed by atoms with E-state index in [9.17, 15) is 9.59 Å². The molecule has 0 bridgehead atoms. The Labute approximate surface area is 178 Å². The van der Waals surface area contributed by atoms with Gasteiger partial charge in [0, 0.05) is 39.5 Å². The largest absolute Gasteiger partial charge is 0.398 e. The highest BCUT2D eigenvalue weighted by Crippen LogP contribution is 2.38. The Kier molecular flexibility index (Phi) is 5.44. The molecule has 0 spiro atoms. The van der Waals surface area contributed by atoms with Crippen molar-refractivity contribution >= 4 is 47.8 Å². The van der Waals surface area contributed by atoms with Crippen LogP contribution in [0.5, 0.6) is 0 Å². The predicted molar refractivity (Wildman–Crippen MR) is 124 cm³/mol. The molecule has 1 aliphatic rings. The molecule has 7 nitrogen and oxygen atoms in total. The highest BCUT2D eigenvalue weighted by atomic mass is 32.5. The highest BCUT2D eigenvalue weighted by molar-refractivity contribution is 7.84. The van der Waals surface area contributed by atoms with Crippen LogP contribution in [0.1, 0.15) is 24.1 Å². The number of nitrogens with one attached hydrogen (secondary N) is 4. The number of urea groups is 1. The van der Waals surface area contributed by atoms with Crippen LogP contribution in [-0.4, -0.2) is 18.2 Å². The minimum atomic E-state index is -0.577. The second-order valence-electron chi connectivity index (χ2n) is 6.89. The molecule has 1 aliphatic heterocycles. The van der Waals surface area contributed by atoms with Gasteiger partial charge >= 0.3 is 6.03 Å². The van der Waals surface area contributed by atoms with Crippen LogP contribution < -0.4 is 21.7 Å². The average molecular weight is 437 g/mol. The first-order valence-corrected chi connectivity index (χ1v) is 11.8. The van der Waals surface area contributed by atoms with Crippen molar-refractivity contribution in [1.29, 1.82) is 5.41 Å². The summed E-state index contributed by atoms with van der Waals surface area (Å²) in [5, 5.41) is 19.2. The van der Waals surface area contributed by atoms with E-state index in [1.807, 2.05) is 24.3 Å². The van der Waals surface area contributed by atoms with Gasteiger partial charge in [0.2, 0.25) is 0 Å². The van der Waals surface area contributed by atoms with Gasteiger partial charge in [0.1, 0.15) is 0 Å². The number of hydrogen-bond acceptors (Lipinski definition) is 5. The minimum Gasteiger partial charge on any atom is -0.398 e. The molecule has 0 saturated carbocycles. The van der Waals surface area contributed by atoms with E-state index in [0.29, 0.717) is 35.6 Å². The van der Waals surface area contributed by atoms with Crippen molar-refractivity contribution in [1.82, 2.24) is 10.6 Å². The second kappa shape index (κ2) is 8.18. The average Bonchev–Trinajstić information content (AvgIpc) is 2.67. The number of carbonyl (C=O) groups excluding carboxylic acids is 2. The maximum Gasteiger partial charge on any atom is 0.319 e. The third kappa shape index (κ3) is 3.87. The van der Waals surface area contributed by atoms with E-state index in [4.69, 9.17) is 11.1 Å². The molecular weight excluding hydrogens is 417 g/mol. The first-order chi connectivity index (χ1) is 14.5. The van der Waals surface area contributed by atoms with Crippen LogP contribution in [0.15, 0.2) is 59.1 Å².